The third-order valence-electron chi connectivity index (χ3n) is 5.12. The molecule has 0 spiro atoms. The molecule has 1 amide bonds. The molecule has 26 heavy (non-hydrogen) atoms. The van der Waals surface area contributed by atoms with Crippen LogP contribution in [-0.2, 0) is 23.0 Å². The van der Waals surface area contributed by atoms with Crippen molar-refractivity contribution >= 4 is 5.91 Å². The topological polar surface area (TPSA) is 73.4 Å². The molecule has 2 aromatic rings. The van der Waals surface area contributed by atoms with Crippen LogP contribution in [0.15, 0.2) is 30.3 Å². The molecule has 0 saturated carbocycles. The molecule has 2 N–H and O–H groups in total. The summed E-state index contributed by atoms with van der Waals surface area (Å²) in [6.45, 7) is 5.69. The molecule has 1 fully saturated rings. The SMILES string of the molecule is Cc1nn(C)c(C)c1C1COCCN1C(=O)CC(N)Cc1ccccc1. The molecule has 2 heterocycles. The quantitative estimate of drug-likeness (QED) is 0.888. The van der Waals surface area contributed by atoms with Gasteiger partial charge in [0, 0.05) is 37.3 Å². The largest absolute Gasteiger partial charge is 0.377 e. The maximum absolute atomic E-state index is 13.0. The third-order valence-corrected chi connectivity index (χ3v) is 5.12. The van der Waals surface area contributed by atoms with Crippen molar-refractivity contribution in [3.05, 3.63) is 52.8 Å². The van der Waals surface area contributed by atoms with Crippen LogP contribution in [0.5, 0.6) is 0 Å². The van der Waals surface area contributed by atoms with E-state index < -0.39 is 0 Å². The van der Waals surface area contributed by atoms with E-state index in [2.05, 4.69) is 5.10 Å². The van der Waals surface area contributed by atoms with Crippen LogP contribution in [0.3, 0.4) is 0 Å². The highest BCUT2D eigenvalue weighted by molar-refractivity contribution is 5.77. The first-order valence-corrected chi connectivity index (χ1v) is 9.14. The number of morpholine rings is 1. The van der Waals surface area contributed by atoms with Crippen LogP contribution in [0.2, 0.25) is 0 Å². The molecular weight excluding hydrogens is 328 g/mol. The van der Waals surface area contributed by atoms with E-state index >= 15 is 0 Å². The number of carbonyl (C=O) groups excluding carboxylic acids is 1. The van der Waals surface area contributed by atoms with Gasteiger partial charge in [-0.25, -0.2) is 0 Å². The fourth-order valence-corrected chi connectivity index (χ4v) is 3.74. The maximum Gasteiger partial charge on any atom is 0.224 e. The minimum atomic E-state index is -0.190. The Morgan fingerprint density at radius 2 is 2.08 bits per heavy atom. The molecule has 6 heteroatoms. The monoisotopic (exact) mass is 356 g/mol. The summed E-state index contributed by atoms with van der Waals surface area (Å²) in [5.41, 5.74) is 10.5. The number of hydrogen-bond donors (Lipinski definition) is 1. The summed E-state index contributed by atoms with van der Waals surface area (Å²) in [6.07, 6.45) is 1.04. The van der Waals surface area contributed by atoms with Gasteiger partial charge in [-0.3, -0.25) is 9.48 Å². The van der Waals surface area contributed by atoms with Crippen molar-refractivity contribution in [1.29, 1.82) is 0 Å². The number of nitrogens with two attached hydrogens (primary N) is 1. The molecule has 140 valence electrons. The van der Waals surface area contributed by atoms with Crippen molar-refractivity contribution in [1.82, 2.24) is 14.7 Å². The highest BCUT2D eigenvalue weighted by Gasteiger charge is 2.32. The third kappa shape index (κ3) is 3.97. The number of rotatable bonds is 5. The molecule has 2 atom stereocenters. The first-order chi connectivity index (χ1) is 12.5. The second kappa shape index (κ2) is 8.01. The van der Waals surface area contributed by atoms with Crippen molar-refractivity contribution in [3.63, 3.8) is 0 Å². The number of aryl methyl sites for hydroxylation is 2. The summed E-state index contributed by atoms with van der Waals surface area (Å²) in [6, 6.07) is 9.79. The predicted molar refractivity (Wildman–Crippen MR) is 101 cm³/mol. The zero-order valence-electron chi connectivity index (χ0n) is 15.8. The Morgan fingerprint density at radius 3 is 2.73 bits per heavy atom. The van der Waals surface area contributed by atoms with Gasteiger partial charge >= 0.3 is 0 Å². The van der Waals surface area contributed by atoms with Gasteiger partial charge in [0.15, 0.2) is 0 Å². The van der Waals surface area contributed by atoms with Crippen molar-refractivity contribution in [2.75, 3.05) is 19.8 Å². The Morgan fingerprint density at radius 1 is 1.35 bits per heavy atom. The molecule has 1 aliphatic rings. The van der Waals surface area contributed by atoms with Gasteiger partial charge in [-0.2, -0.15) is 5.10 Å². The fraction of sp³-hybridized carbons (Fsp3) is 0.500. The number of carbonyl (C=O) groups is 1. The predicted octanol–water partition coefficient (Wildman–Crippen LogP) is 1.90. The van der Waals surface area contributed by atoms with Crippen LogP contribution < -0.4 is 5.73 Å². The molecule has 6 nitrogen and oxygen atoms in total. The van der Waals surface area contributed by atoms with Gasteiger partial charge in [-0.15, -0.1) is 0 Å². The first-order valence-electron chi connectivity index (χ1n) is 9.14. The minimum absolute atomic E-state index is 0.0874. The Labute approximate surface area is 154 Å². The van der Waals surface area contributed by atoms with Crippen LogP contribution in [0.25, 0.3) is 0 Å². The number of ether oxygens (including phenoxy) is 1. The lowest BCUT2D eigenvalue weighted by Gasteiger charge is -2.36. The summed E-state index contributed by atoms with van der Waals surface area (Å²) in [7, 11) is 1.93. The van der Waals surface area contributed by atoms with Gasteiger partial charge in [-0.1, -0.05) is 30.3 Å². The number of amides is 1. The normalized spacial score (nSPS) is 18.8. The minimum Gasteiger partial charge on any atom is -0.377 e. The molecule has 0 radical (unpaired) electrons. The molecule has 1 aromatic carbocycles. The zero-order valence-corrected chi connectivity index (χ0v) is 15.8. The van der Waals surface area contributed by atoms with E-state index in [9.17, 15) is 4.79 Å². The Balaban J connectivity index is 1.72. The van der Waals surface area contributed by atoms with Gasteiger partial charge in [0.05, 0.1) is 24.9 Å². The van der Waals surface area contributed by atoms with Gasteiger partial charge < -0.3 is 15.4 Å². The van der Waals surface area contributed by atoms with E-state index in [1.54, 1.807) is 0 Å². The van der Waals surface area contributed by atoms with Crippen molar-refractivity contribution in [2.24, 2.45) is 12.8 Å². The maximum atomic E-state index is 13.0. The number of nitrogens with zero attached hydrogens (tertiary/aromatic N) is 3. The second-order valence-corrected chi connectivity index (χ2v) is 7.04. The second-order valence-electron chi connectivity index (χ2n) is 7.04. The first kappa shape index (κ1) is 18.6. The van der Waals surface area contributed by atoms with Crippen molar-refractivity contribution in [3.8, 4) is 0 Å². The standard InChI is InChI=1S/C20H28N4O2/c1-14-20(15(2)23(3)22-14)18-13-26-10-9-24(18)19(25)12-17(21)11-16-7-5-4-6-8-16/h4-8,17-18H,9-13,21H2,1-3H3. The molecule has 3 rings (SSSR count). The molecule has 2 unspecified atom stereocenters. The molecule has 0 aliphatic carbocycles. The molecule has 0 bridgehead atoms. The van der Waals surface area contributed by atoms with Crippen molar-refractivity contribution in [2.45, 2.75) is 38.8 Å². The summed E-state index contributed by atoms with van der Waals surface area (Å²) in [5, 5.41) is 4.49. The molecular formula is C20H28N4O2. The highest BCUT2D eigenvalue weighted by atomic mass is 16.5. The average Bonchev–Trinajstić information content (AvgIpc) is 2.87. The van der Waals surface area contributed by atoms with Gasteiger partial charge in [0.25, 0.3) is 0 Å². The number of aromatic nitrogens is 2. The Bertz CT molecular complexity index is 757. The molecule has 1 aromatic heterocycles. The Hall–Kier alpha value is -2.18. The van der Waals surface area contributed by atoms with E-state index in [-0.39, 0.29) is 18.0 Å². The van der Waals surface area contributed by atoms with E-state index in [1.807, 2.05) is 60.8 Å². The summed E-state index contributed by atoms with van der Waals surface area (Å²) < 4.78 is 7.54. The van der Waals surface area contributed by atoms with Crippen LogP contribution in [0.4, 0.5) is 0 Å². The lowest BCUT2D eigenvalue weighted by molar-refractivity contribution is -0.140. The van der Waals surface area contributed by atoms with E-state index in [0.717, 1.165) is 22.5 Å². The lowest BCUT2D eigenvalue weighted by atomic mass is 10.00. The summed E-state index contributed by atoms with van der Waals surface area (Å²) >= 11 is 0. The summed E-state index contributed by atoms with van der Waals surface area (Å²) in [4.78, 5) is 14.9. The molecule has 1 aliphatic heterocycles. The van der Waals surface area contributed by atoms with Gasteiger partial charge in [0.1, 0.15) is 0 Å². The Kier molecular flexibility index (Phi) is 5.74. The van der Waals surface area contributed by atoms with Crippen LogP contribution in [-0.4, -0.2) is 46.4 Å². The van der Waals surface area contributed by atoms with Crippen LogP contribution in [0, 0.1) is 13.8 Å². The van der Waals surface area contributed by atoms with Crippen LogP contribution in [0.1, 0.15) is 35.0 Å². The number of benzene rings is 1. The van der Waals surface area contributed by atoms with E-state index in [1.165, 1.54) is 0 Å². The lowest BCUT2D eigenvalue weighted by Crippen LogP contribution is -2.45. The van der Waals surface area contributed by atoms with Crippen molar-refractivity contribution < 1.29 is 9.53 Å². The van der Waals surface area contributed by atoms with Crippen LogP contribution >= 0.6 is 0 Å². The highest BCUT2D eigenvalue weighted by Crippen LogP contribution is 2.29. The van der Waals surface area contributed by atoms with Gasteiger partial charge in [0.2, 0.25) is 5.91 Å². The molecule has 1 saturated heterocycles. The zero-order chi connectivity index (χ0) is 18.7. The number of hydrogen-bond acceptors (Lipinski definition) is 4. The average molecular weight is 356 g/mol. The van der Waals surface area contributed by atoms with Gasteiger partial charge in [-0.05, 0) is 25.8 Å². The summed E-state index contributed by atoms with van der Waals surface area (Å²) in [5.74, 6) is 0.0874. The fourth-order valence-electron chi connectivity index (χ4n) is 3.74. The van der Waals surface area contributed by atoms with E-state index in [4.69, 9.17) is 10.5 Å². The van der Waals surface area contributed by atoms with E-state index in [0.29, 0.717) is 32.6 Å². The smallest absolute Gasteiger partial charge is 0.224 e.